The minimum Gasteiger partial charge on any atom is -0.339 e. The molecule has 19 heavy (non-hydrogen) atoms. The minimum absolute atomic E-state index is 0.584. The van der Waals surface area contributed by atoms with Gasteiger partial charge in [0.2, 0.25) is 0 Å². The van der Waals surface area contributed by atoms with Gasteiger partial charge in [0.1, 0.15) is 17.5 Å². The molecule has 0 saturated heterocycles. The number of nitrogens with two attached hydrogens (primary N) is 1. The second-order valence-corrected chi connectivity index (χ2v) is 5.31. The van der Waals surface area contributed by atoms with E-state index in [0.29, 0.717) is 22.5 Å². The number of anilines is 3. The van der Waals surface area contributed by atoms with Gasteiger partial charge < -0.3 is 10.7 Å². The number of nitrogen functional groups attached to an aromatic ring is 1. The van der Waals surface area contributed by atoms with Crippen molar-refractivity contribution in [3.05, 3.63) is 39.1 Å². The number of hydrogen-bond donors (Lipinski definition) is 3. The lowest BCUT2D eigenvalue weighted by Gasteiger charge is -2.13. The van der Waals surface area contributed by atoms with E-state index in [4.69, 9.17) is 17.4 Å². The average Bonchev–Trinajstić information content (AvgIpc) is 2.37. The molecule has 4 N–H and O–H groups in total. The SMILES string of the molecule is Cc1nc(NN)c(C)c(Nc2cc(Br)ccc2Cl)n1. The Morgan fingerprint density at radius 2 is 1.89 bits per heavy atom. The fourth-order valence-electron chi connectivity index (χ4n) is 1.61. The first-order valence-corrected chi connectivity index (χ1v) is 6.72. The van der Waals surface area contributed by atoms with Crippen LogP contribution in [-0.2, 0) is 0 Å². The molecule has 7 heteroatoms. The Bertz CT molecular complexity index is 617. The van der Waals surface area contributed by atoms with Crippen LogP contribution in [0.3, 0.4) is 0 Å². The Morgan fingerprint density at radius 1 is 1.21 bits per heavy atom. The molecule has 0 aliphatic rings. The van der Waals surface area contributed by atoms with Crippen molar-refractivity contribution in [2.45, 2.75) is 13.8 Å². The molecule has 1 heterocycles. The standard InChI is InChI=1S/C12H13BrClN5/c1-6-11(16-7(2)17-12(6)19-15)18-10-5-8(13)3-4-9(10)14/h3-5H,15H2,1-2H3,(H2,16,17,18,19). The molecule has 0 bridgehead atoms. The highest BCUT2D eigenvalue weighted by molar-refractivity contribution is 9.10. The van der Waals surface area contributed by atoms with Crippen LogP contribution in [0.2, 0.25) is 5.02 Å². The summed E-state index contributed by atoms with van der Waals surface area (Å²) in [6, 6.07) is 5.56. The topological polar surface area (TPSA) is 75.9 Å². The van der Waals surface area contributed by atoms with Gasteiger partial charge in [-0.2, -0.15) is 0 Å². The fraction of sp³-hybridized carbons (Fsp3) is 0.167. The van der Waals surface area contributed by atoms with Crippen LogP contribution in [0.5, 0.6) is 0 Å². The van der Waals surface area contributed by atoms with E-state index in [1.165, 1.54) is 0 Å². The van der Waals surface area contributed by atoms with Gasteiger partial charge in [-0.15, -0.1) is 0 Å². The maximum absolute atomic E-state index is 6.14. The molecule has 1 aromatic heterocycles. The van der Waals surface area contributed by atoms with Crippen molar-refractivity contribution in [2.24, 2.45) is 5.84 Å². The molecule has 0 amide bonds. The average molecular weight is 343 g/mol. The number of hydrogen-bond acceptors (Lipinski definition) is 5. The van der Waals surface area contributed by atoms with Crippen LogP contribution in [-0.4, -0.2) is 9.97 Å². The summed E-state index contributed by atoms with van der Waals surface area (Å²) in [6.45, 7) is 3.68. The Hall–Kier alpha value is -1.37. The van der Waals surface area contributed by atoms with Gasteiger partial charge in [0.25, 0.3) is 0 Å². The van der Waals surface area contributed by atoms with Gasteiger partial charge in [0, 0.05) is 10.0 Å². The highest BCUT2D eigenvalue weighted by Crippen LogP contribution is 2.30. The first kappa shape index (κ1) is 14.0. The lowest BCUT2D eigenvalue weighted by Crippen LogP contribution is -2.13. The monoisotopic (exact) mass is 341 g/mol. The highest BCUT2D eigenvalue weighted by atomic mass is 79.9. The number of halogens is 2. The zero-order valence-electron chi connectivity index (χ0n) is 10.5. The van der Waals surface area contributed by atoms with Gasteiger partial charge in [-0.05, 0) is 32.0 Å². The third-order valence-corrected chi connectivity index (χ3v) is 3.40. The lowest BCUT2D eigenvalue weighted by atomic mass is 10.2. The molecular formula is C12H13BrClN5. The first-order chi connectivity index (χ1) is 9.01. The molecule has 5 nitrogen and oxygen atoms in total. The summed E-state index contributed by atoms with van der Waals surface area (Å²) in [4.78, 5) is 8.56. The Labute approximate surface area is 124 Å². The molecule has 100 valence electrons. The van der Waals surface area contributed by atoms with Crippen LogP contribution < -0.4 is 16.6 Å². The molecule has 0 radical (unpaired) electrons. The van der Waals surface area contributed by atoms with E-state index in [-0.39, 0.29) is 0 Å². The maximum Gasteiger partial charge on any atom is 0.148 e. The Balaban J connectivity index is 2.43. The summed E-state index contributed by atoms with van der Waals surface area (Å²) in [6.07, 6.45) is 0. The van der Waals surface area contributed by atoms with E-state index in [1.54, 1.807) is 13.0 Å². The molecule has 0 aliphatic carbocycles. The summed E-state index contributed by atoms with van der Waals surface area (Å²) in [5, 5.41) is 3.80. The third-order valence-electron chi connectivity index (χ3n) is 2.58. The number of rotatable bonds is 3. The van der Waals surface area contributed by atoms with Crippen molar-refractivity contribution < 1.29 is 0 Å². The molecule has 0 aliphatic heterocycles. The summed E-state index contributed by atoms with van der Waals surface area (Å²) >= 11 is 9.55. The van der Waals surface area contributed by atoms with Gasteiger partial charge >= 0.3 is 0 Å². The zero-order chi connectivity index (χ0) is 14.0. The van der Waals surface area contributed by atoms with Crippen molar-refractivity contribution in [3.63, 3.8) is 0 Å². The minimum atomic E-state index is 0.584. The van der Waals surface area contributed by atoms with E-state index in [2.05, 4.69) is 36.6 Å². The lowest BCUT2D eigenvalue weighted by molar-refractivity contribution is 1.03. The largest absolute Gasteiger partial charge is 0.339 e. The second kappa shape index (κ2) is 5.73. The third kappa shape index (κ3) is 3.15. The maximum atomic E-state index is 6.14. The van der Waals surface area contributed by atoms with E-state index in [1.807, 2.05) is 19.1 Å². The fourth-order valence-corrected chi connectivity index (χ4v) is 2.14. The number of benzene rings is 1. The molecule has 0 spiro atoms. The van der Waals surface area contributed by atoms with Crippen molar-refractivity contribution in [2.75, 3.05) is 10.7 Å². The quantitative estimate of drug-likeness (QED) is 0.587. The molecule has 2 rings (SSSR count). The van der Waals surface area contributed by atoms with E-state index in [0.717, 1.165) is 15.7 Å². The number of nitrogens with zero attached hydrogens (tertiary/aromatic N) is 2. The van der Waals surface area contributed by atoms with Gasteiger partial charge in [-0.3, -0.25) is 0 Å². The van der Waals surface area contributed by atoms with Crippen molar-refractivity contribution in [1.82, 2.24) is 9.97 Å². The van der Waals surface area contributed by atoms with Crippen LogP contribution in [0.1, 0.15) is 11.4 Å². The smallest absolute Gasteiger partial charge is 0.148 e. The summed E-state index contributed by atoms with van der Waals surface area (Å²) in [5.41, 5.74) is 4.14. The van der Waals surface area contributed by atoms with Gasteiger partial charge in [-0.25, -0.2) is 15.8 Å². The first-order valence-electron chi connectivity index (χ1n) is 5.55. The van der Waals surface area contributed by atoms with E-state index >= 15 is 0 Å². The predicted octanol–water partition coefficient (Wildman–Crippen LogP) is 3.54. The molecule has 0 fully saturated rings. The Morgan fingerprint density at radius 3 is 2.58 bits per heavy atom. The van der Waals surface area contributed by atoms with Gasteiger partial charge in [0.05, 0.1) is 10.7 Å². The van der Waals surface area contributed by atoms with Crippen LogP contribution >= 0.6 is 27.5 Å². The molecule has 0 atom stereocenters. The molecular weight excluding hydrogens is 330 g/mol. The normalized spacial score (nSPS) is 10.4. The van der Waals surface area contributed by atoms with Crippen LogP contribution in [0.25, 0.3) is 0 Å². The van der Waals surface area contributed by atoms with Gasteiger partial charge in [0.15, 0.2) is 0 Å². The van der Waals surface area contributed by atoms with Crippen molar-refractivity contribution >= 4 is 44.9 Å². The number of hydrazine groups is 1. The van der Waals surface area contributed by atoms with Crippen molar-refractivity contribution in [1.29, 1.82) is 0 Å². The second-order valence-electron chi connectivity index (χ2n) is 3.99. The summed E-state index contributed by atoms with van der Waals surface area (Å²) in [5.74, 6) is 7.30. The number of nitrogens with one attached hydrogen (secondary N) is 2. The Kier molecular flexibility index (Phi) is 4.24. The molecule has 1 aromatic carbocycles. The van der Waals surface area contributed by atoms with Crippen LogP contribution in [0.15, 0.2) is 22.7 Å². The molecule has 2 aromatic rings. The molecule has 0 unspecified atom stereocenters. The number of aromatic nitrogens is 2. The van der Waals surface area contributed by atoms with E-state index < -0.39 is 0 Å². The summed E-state index contributed by atoms with van der Waals surface area (Å²) in [7, 11) is 0. The van der Waals surface area contributed by atoms with Crippen molar-refractivity contribution in [3.8, 4) is 0 Å². The van der Waals surface area contributed by atoms with Gasteiger partial charge in [-0.1, -0.05) is 27.5 Å². The van der Waals surface area contributed by atoms with E-state index in [9.17, 15) is 0 Å². The zero-order valence-corrected chi connectivity index (χ0v) is 12.8. The van der Waals surface area contributed by atoms with Crippen LogP contribution in [0, 0.1) is 13.8 Å². The van der Waals surface area contributed by atoms with Crippen LogP contribution in [0.4, 0.5) is 17.3 Å². The summed E-state index contributed by atoms with van der Waals surface area (Å²) < 4.78 is 0.931. The molecule has 0 saturated carbocycles. The number of aryl methyl sites for hydroxylation is 1. The highest BCUT2D eigenvalue weighted by Gasteiger charge is 2.10. The predicted molar refractivity (Wildman–Crippen MR) is 81.8 cm³/mol.